The van der Waals surface area contributed by atoms with E-state index in [1.54, 1.807) is 18.2 Å². The number of aromatic amines is 1. The third-order valence-corrected chi connectivity index (χ3v) is 2.72. The van der Waals surface area contributed by atoms with Gasteiger partial charge in [-0.3, -0.25) is 4.79 Å². The molecule has 2 atom stereocenters. The first kappa shape index (κ1) is 13.0. The molecule has 0 aliphatic rings. The number of amides is 1. The maximum atomic E-state index is 11.9. The molecule has 7 heteroatoms. The summed E-state index contributed by atoms with van der Waals surface area (Å²) in [5.41, 5.74) is 1.68. The highest BCUT2D eigenvalue weighted by atomic mass is 16.4. The van der Waals surface area contributed by atoms with E-state index in [0.29, 0.717) is 16.6 Å². The minimum Gasteiger partial charge on any atom is -0.480 e. The van der Waals surface area contributed by atoms with E-state index in [9.17, 15) is 14.7 Å². The summed E-state index contributed by atoms with van der Waals surface area (Å²) in [5.74, 6) is -1.85. The largest absolute Gasteiger partial charge is 0.480 e. The molecule has 1 aromatic carbocycles. The summed E-state index contributed by atoms with van der Waals surface area (Å²) in [6, 6.07) is 3.42. The van der Waals surface area contributed by atoms with Crippen molar-refractivity contribution in [3.05, 3.63) is 30.1 Å². The highest BCUT2D eigenvalue weighted by molar-refractivity contribution is 5.99. The fourth-order valence-electron chi connectivity index (χ4n) is 1.69. The van der Waals surface area contributed by atoms with Crippen LogP contribution in [0.25, 0.3) is 11.0 Å². The van der Waals surface area contributed by atoms with Gasteiger partial charge in [-0.2, -0.15) is 0 Å². The van der Waals surface area contributed by atoms with Gasteiger partial charge in [-0.1, -0.05) is 0 Å². The van der Waals surface area contributed by atoms with E-state index in [-0.39, 0.29) is 0 Å². The average Bonchev–Trinajstić information content (AvgIpc) is 2.81. The summed E-state index contributed by atoms with van der Waals surface area (Å²) in [6.07, 6.45) is 0.319. The SMILES string of the molecule is CC(O)C(NC(=O)c1ccc2nc[nH]c2c1)C(=O)O. The molecule has 0 aliphatic heterocycles. The van der Waals surface area contributed by atoms with E-state index in [4.69, 9.17) is 5.11 Å². The van der Waals surface area contributed by atoms with E-state index in [0.717, 1.165) is 0 Å². The number of hydrogen-bond acceptors (Lipinski definition) is 4. The van der Waals surface area contributed by atoms with Gasteiger partial charge >= 0.3 is 5.97 Å². The lowest BCUT2D eigenvalue weighted by atomic mass is 10.1. The van der Waals surface area contributed by atoms with Gasteiger partial charge in [0.2, 0.25) is 0 Å². The lowest BCUT2D eigenvalue weighted by Gasteiger charge is -2.16. The average molecular weight is 263 g/mol. The van der Waals surface area contributed by atoms with Gasteiger partial charge in [0.15, 0.2) is 6.04 Å². The first-order valence-electron chi connectivity index (χ1n) is 5.64. The lowest BCUT2D eigenvalue weighted by molar-refractivity contribution is -0.141. The monoisotopic (exact) mass is 263 g/mol. The first-order valence-corrected chi connectivity index (χ1v) is 5.64. The van der Waals surface area contributed by atoms with Crippen LogP contribution in [0.1, 0.15) is 17.3 Å². The van der Waals surface area contributed by atoms with Crippen molar-refractivity contribution >= 4 is 22.9 Å². The zero-order valence-corrected chi connectivity index (χ0v) is 10.1. The van der Waals surface area contributed by atoms with Crippen LogP contribution in [0.3, 0.4) is 0 Å². The van der Waals surface area contributed by atoms with Crippen molar-refractivity contribution in [2.75, 3.05) is 0 Å². The predicted molar refractivity (Wildman–Crippen MR) is 66.7 cm³/mol. The topological polar surface area (TPSA) is 115 Å². The van der Waals surface area contributed by atoms with E-state index in [2.05, 4.69) is 15.3 Å². The molecule has 0 fully saturated rings. The Labute approximate surface area is 108 Å². The van der Waals surface area contributed by atoms with E-state index < -0.39 is 24.0 Å². The smallest absolute Gasteiger partial charge is 0.328 e. The number of aliphatic hydroxyl groups is 1. The number of rotatable bonds is 4. The Morgan fingerprint density at radius 1 is 1.42 bits per heavy atom. The maximum absolute atomic E-state index is 11.9. The summed E-state index contributed by atoms with van der Waals surface area (Å²) < 4.78 is 0. The number of carboxylic acids is 1. The molecule has 1 amide bonds. The van der Waals surface area contributed by atoms with Gasteiger partial charge in [-0.15, -0.1) is 0 Å². The number of H-pyrrole nitrogens is 1. The van der Waals surface area contributed by atoms with Crippen molar-refractivity contribution in [3.8, 4) is 0 Å². The molecule has 100 valence electrons. The van der Waals surface area contributed by atoms with Crippen LogP contribution in [-0.2, 0) is 4.79 Å². The maximum Gasteiger partial charge on any atom is 0.328 e. The first-order chi connectivity index (χ1) is 8.99. The summed E-state index contributed by atoms with van der Waals surface area (Å²) in [4.78, 5) is 29.7. The van der Waals surface area contributed by atoms with Crippen molar-refractivity contribution in [2.45, 2.75) is 19.1 Å². The second-order valence-electron chi connectivity index (χ2n) is 4.16. The third-order valence-electron chi connectivity index (χ3n) is 2.72. The Hall–Kier alpha value is -2.41. The Balaban J connectivity index is 2.21. The Morgan fingerprint density at radius 3 is 2.79 bits per heavy atom. The number of carbonyl (C=O) groups excluding carboxylic acids is 1. The molecule has 2 rings (SSSR count). The van der Waals surface area contributed by atoms with Gasteiger partial charge in [0.05, 0.1) is 23.5 Å². The number of hydrogen-bond donors (Lipinski definition) is 4. The Kier molecular flexibility index (Phi) is 3.48. The summed E-state index contributed by atoms with van der Waals surface area (Å²) in [7, 11) is 0. The molecule has 0 bridgehead atoms. The number of fused-ring (bicyclic) bond motifs is 1. The number of aliphatic hydroxyl groups excluding tert-OH is 1. The van der Waals surface area contributed by atoms with Crippen LogP contribution in [0.5, 0.6) is 0 Å². The molecule has 7 nitrogen and oxygen atoms in total. The molecule has 0 aliphatic carbocycles. The Bertz CT molecular complexity index is 620. The van der Waals surface area contributed by atoms with Crippen molar-refractivity contribution in [1.29, 1.82) is 0 Å². The quantitative estimate of drug-likeness (QED) is 0.625. The number of aromatic nitrogens is 2. The molecule has 0 spiro atoms. The van der Waals surface area contributed by atoms with E-state index >= 15 is 0 Å². The minimum atomic E-state index is -1.34. The van der Waals surface area contributed by atoms with Gasteiger partial charge in [-0.05, 0) is 25.1 Å². The van der Waals surface area contributed by atoms with Gasteiger partial charge in [0.25, 0.3) is 5.91 Å². The molecular weight excluding hydrogens is 250 g/mol. The molecule has 2 unspecified atom stereocenters. The van der Waals surface area contributed by atoms with E-state index in [1.165, 1.54) is 13.3 Å². The number of nitrogens with one attached hydrogen (secondary N) is 2. The summed E-state index contributed by atoms with van der Waals surface area (Å²) >= 11 is 0. The number of carboxylic acid groups (broad SMARTS) is 1. The number of carbonyl (C=O) groups is 2. The Morgan fingerprint density at radius 2 is 2.16 bits per heavy atom. The van der Waals surface area contributed by atoms with Crippen molar-refractivity contribution in [2.24, 2.45) is 0 Å². The van der Waals surface area contributed by atoms with Gasteiger partial charge in [-0.25, -0.2) is 9.78 Å². The van der Waals surface area contributed by atoms with Crippen LogP contribution < -0.4 is 5.32 Å². The van der Waals surface area contributed by atoms with Crippen molar-refractivity contribution in [1.82, 2.24) is 15.3 Å². The zero-order chi connectivity index (χ0) is 14.0. The number of aliphatic carboxylic acids is 1. The van der Waals surface area contributed by atoms with Crippen molar-refractivity contribution in [3.63, 3.8) is 0 Å². The predicted octanol–water partition coefficient (Wildman–Crippen LogP) is 0.127. The highest BCUT2D eigenvalue weighted by Crippen LogP contribution is 2.11. The number of nitrogens with zero attached hydrogens (tertiary/aromatic N) is 1. The molecule has 0 saturated heterocycles. The fourth-order valence-corrected chi connectivity index (χ4v) is 1.69. The normalized spacial score (nSPS) is 14.0. The molecule has 2 aromatic rings. The minimum absolute atomic E-state index is 0.295. The molecule has 0 saturated carbocycles. The second-order valence-corrected chi connectivity index (χ2v) is 4.16. The fraction of sp³-hybridized carbons (Fsp3) is 0.250. The number of benzene rings is 1. The van der Waals surface area contributed by atoms with Crippen LogP contribution >= 0.6 is 0 Å². The van der Waals surface area contributed by atoms with Crippen LogP contribution in [-0.4, -0.2) is 44.2 Å². The standard InChI is InChI=1S/C12H13N3O4/c1-6(16)10(12(18)19)15-11(17)7-2-3-8-9(4-7)14-5-13-8/h2-6,10,16H,1H3,(H,13,14)(H,15,17)(H,18,19). The molecule has 19 heavy (non-hydrogen) atoms. The summed E-state index contributed by atoms with van der Waals surface area (Å²) in [5, 5.41) is 20.5. The highest BCUT2D eigenvalue weighted by Gasteiger charge is 2.25. The lowest BCUT2D eigenvalue weighted by Crippen LogP contribution is -2.47. The number of imidazole rings is 1. The van der Waals surface area contributed by atoms with Crippen LogP contribution in [0.2, 0.25) is 0 Å². The molecule has 0 radical (unpaired) electrons. The zero-order valence-electron chi connectivity index (χ0n) is 10.1. The molecule has 4 N–H and O–H groups in total. The van der Waals surface area contributed by atoms with Crippen LogP contribution in [0.4, 0.5) is 0 Å². The third kappa shape index (κ3) is 2.71. The summed E-state index contributed by atoms with van der Waals surface area (Å²) in [6.45, 7) is 1.30. The van der Waals surface area contributed by atoms with Gasteiger partial charge in [0.1, 0.15) is 0 Å². The second kappa shape index (κ2) is 5.07. The molecule has 1 aromatic heterocycles. The molecule has 1 heterocycles. The van der Waals surface area contributed by atoms with E-state index in [1.807, 2.05) is 0 Å². The van der Waals surface area contributed by atoms with Gasteiger partial charge < -0.3 is 20.5 Å². The van der Waals surface area contributed by atoms with Crippen LogP contribution in [0.15, 0.2) is 24.5 Å². The van der Waals surface area contributed by atoms with Crippen LogP contribution in [0, 0.1) is 0 Å². The molecular formula is C12H13N3O4. The van der Waals surface area contributed by atoms with Gasteiger partial charge in [0, 0.05) is 5.56 Å². The van der Waals surface area contributed by atoms with Crippen molar-refractivity contribution < 1.29 is 19.8 Å².